The van der Waals surface area contributed by atoms with Crippen LogP contribution in [0.5, 0.6) is 0 Å². The number of nitrogens with two attached hydrogens (primary N) is 1. The van der Waals surface area contributed by atoms with Crippen LogP contribution < -0.4 is 5.73 Å². The van der Waals surface area contributed by atoms with Gasteiger partial charge in [0, 0.05) is 0 Å². The van der Waals surface area contributed by atoms with Gasteiger partial charge in [0.1, 0.15) is 0 Å². The zero-order valence-corrected chi connectivity index (χ0v) is 9.22. The average Bonchev–Trinajstić information content (AvgIpc) is 2.31. The first-order valence-corrected chi connectivity index (χ1v) is 5.21. The minimum atomic E-state index is 0.876. The monoisotopic (exact) mass is 210 g/mol. The van der Waals surface area contributed by atoms with Crippen molar-refractivity contribution < 1.29 is 0 Å². The molecule has 0 saturated carbocycles. The number of hydrogen-bond donors (Lipinski definition) is 1. The molecule has 0 radical (unpaired) electrons. The maximum Gasteiger partial charge on any atom is 0.0860 e. The molecule has 2 heteroatoms. The molecule has 0 aliphatic carbocycles. The Hall–Kier alpha value is -2.09. The van der Waals surface area contributed by atoms with E-state index < -0.39 is 0 Å². The van der Waals surface area contributed by atoms with Crippen LogP contribution in [0, 0.1) is 6.92 Å². The predicted octanol–water partition coefficient (Wildman–Crippen LogP) is 3.28. The molecule has 0 fully saturated rings. The van der Waals surface area contributed by atoms with Crippen molar-refractivity contribution in [1.82, 2.24) is 0 Å². The first-order valence-electron chi connectivity index (χ1n) is 5.21. The van der Waals surface area contributed by atoms with Gasteiger partial charge in [-0.3, -0.25) is 0 Å². The third-order valence-electron chi connectivity index (χ3n) is 2.45. The number of nitrogens with zero attached hydrogens (tertiary/aromatic N) is 1. The fourth-order valence-electron chi connectivity index (χ4n) is 1.60. The van der Waals surface area contributed by atoms with Crippen molar-refractivity contribution in [3.05, 3.63) is 54.1 Å². The molecule has 0 spiro atoms. The molecule has 0 amide bonds. The van der Waals surface area contributed by atoms with Gasteiger partial charge in [0.05, 0.1) is 12.0 Å². The van der Waals surface area contributed by atoms with Crippen LogP contribution in [-0.2, 0) is 0 Å². The molecule has 0 aliphatic heterocycles. The lowest BCUT2D eigenvalue weighted by atomic mass is 10.0. The highest BCUT2D eigenvalue weighted by Crippen LogP contribution is 2.24. The summed E-state index contributed by atoms with van der Waals surface area (Å²) in [6, 6.07) is 16.4. The number of rotatable bonds is 2. The molecular weight excluding hydrogens is 196 g/mol. The lowest BCUT2D eigenvalue weighted by Gasteiger charge is -2.03. The van der Waals surface area contributed by atoms with Crippen LogP contribution in [0.15, 0.2) is 53.5 Å². The Labute approximate surface area is 95.5 Å². The van der Waals surface area contributed by atoms with Gasteiger partial charge in [-0.1, -0.05) is 42.0 Å². The molecule has 0 atom stereocenters. The van der Waals surface area contributed by atoms with Crippen molar-refractivity contribution in [2.45, 2.75) is 6.92 Å². The minimum absolute atomic E-state index is 0.876. The van der Waals surface area contributed by atoms with E-state index in [0.717, 1.165) is 11.3 Å². The molecule has 0 bridgehead atoms. The summed E-state index contributed by atoms with van der Waals surface area (Å²) in [7, 11) is 0. The Morgan fingerprint density at radius 2 is 1.75 bits per heavy atom. The molecule has 0 unspecified atom stereocenters. The van der Waals surface area contributed by atoms with E-state index >= 15 is 0 Å². The highest BCUT2D eigenvalue weighted by molar-refractivity contribution is 5.69. The molecule has 2 rings (SSSR count). The Morgan fingerprint density at radius 3 is 2.44 bits per heavy atom. The minimum Gasteiger partial charge on any atom is -0.390 e. The fraction of sp³-hybridized carbons (Fsp3) is 0.0714. The van der Waals surface area contributed by atoms with Gasteiger partial charge in [0.15, 0.2) is 0 Å². The van der Waals surface area contributed by atoms with Gasteiger partial charge >= 0.3 is 0 Å². The highest BCUT2D eigenvalue weighted by Gasteiger charge is 1.97. The van der Waals surface area contributed by atoms with E-state index in [2.05, 4.69) is 42.2 Å². The number of aliphatic imine (C=N–C) groups is 1. The van der Waals surface area contributed by atoms with Gasteiger partial charge in [0.25, 0.3) is 0 Å². The van der Waals surface area contributed by atoms with Crippen LogP contribution in [0.2, 0.25) is 0 Å². The van der Waals surface area contributed by atoms with Gasteiger partial charge in [-0.05, 0) is 30.2 Å². The molecule has 2 N–H and O–H groups in total. The number of aryl methyl sites for hydroxylation is 1. The van der Waals surface area contributed by atoms with Crippen molar-refractivity contribution in [3.63, 3.8) is 0 Å². The smallest absolute Gasteiger partial charge is 0.0860 e. The Kier molecular flexibility index (Phi) is 3.01. The SMILES string of the molecule is Cc1ccc(-c2cccc(N=CN)c2)cc1. The van der Waals surface area contributed by atoms with Gasteiger partial charge < -0.3 is 5.73 Å². The van der Waals surface area contributed by atoms with Crippen molar-refractivity contribution in [2.24, 2.45) is 10.7 Å². The summed E-state index contributed by atoms with van der Waals surface area (Å²) in [6.45, 7) is 2.08. The Morgan fingerprint density at radius 1 is 1.00 bits per heavy atom. The average molecular weight is 210 g/mol. The zero-order chi connectivity index (χ0) is 11.4. The molecule has 2 nitrogen and oxygen atoms in total. The van der Waals surface area contributed by atoms with Crippen LogP contribution in [-0.4, -0.2) is 6.34 Å². The van der Waals surface area contributed by atoms with Crippen molar-refractivity contribution >= 4 is 12.0 Å². The van der Waals surface area contributed by atoms with E-state index in [1.807, 2.05) is 18.2 Å². The van der Waals surface area contributed by atoms with Gasteiger partial charge in [-0.25, -0.2) is 4.99 Å². The third-order valence-corrected chi connectivity index (χ3v) is 2.45. The van der Waals surface area contributed by atoms with E-state index in [9.17, 15) is 0 Å². The van der Waals surface area contributed by atoms with Gasteiger partial charge in [0.2, 0.25) is 0 Å². The summed E-state index contributed by atoms with van der Waals surface area (Å²) in [5.74, 6) is 0. The Bertz CT molecular complexity index is 498. The van der Waals surface area contributed by atoms with Crippen LogP contribution in [0.1, 0.15) is 5.56 Å². The molecule has 0 saturated heterocycles. The predicted molar refractivity (Wildman–Crippen MR) is 69.0 cm³/mol. The summed E-state index contributed by atoms with van der Waals surface area (Å²) in [5.41, 5.74) is 9.77. The quantitative estimate of drug-likeness (QED) is 0.599. The topological polar surface area (TPSA) is 38.4 Å². The highest BCUT2D eigenvalue weighted by atomic mass is 14.8. The second kappa shape index (κ2) is 4.62. The van der Waals surface area contributed by atoms with E-state index in [0.29, 0.717) is 0 Å². The molecular formula is C14H14N2. The standard InChI is InChI=1S/C14H14N2/c1-11-5-7-12(8-6-11)13-3-2-4-14(9-13)16-10-15/h2-10H,1H3,(H2,15,16). The normalized spacial score (nSPS) is 10.8. The lowest BCUT2D eigenvalue weighted by Crippen LogP contribution is -1.86. The van der Waals surface area contributed by atoms with Crippen LogP contribution in [0.3, 0.4) is 0 Å². The molecule has 2 aromatic rings. The van der Waals surface area contributed by atoms with Gasteiger partial charge in [-0.15, -0.1) is 0 Å². The molecule has 16 heavy (non-hydrogen) atoms. The largest absolute Gasteiger partial charge is 0.390 e. The molecule has 0 aliphatic rings. The number of benzene rings is 2. The van der Waals surface area contributed by atoms with Crippen molar-refractivity contribution in [2.75, 3.05) is 0 Å². The molecule has 0 heterocycles. The second-order valence-electron chi connectivity index (χ2n) is 3.69. The molecule has 80 valence electrons. The lowest BCUT2D eigenvalue weighted by molar-refractivity contribution is 1.46. The van der Waals surface area contributed by atoms with Crippen molar-refractivity contribution in [1.29, 1.82) is 0 Å². The second-order valence-corrected chi connectivity index (χ2v) is 3.69. The molecule has 2 aromatic carbocycles. The van der Waals surface area contributed by atoms with E-state index in [1.165, 1.54) is 17.5 Å². The fourth-order valence-corrected chi connectivity index (χ4v) is 1.60. The summed E-state index contributed by atoms with van der Waals surface area (Å²) in [4.78, 5) is 4.06. The van der Waals surface area contributed by atoms with Crippen LogP contribution >= 0.6 is 0 Å². The zero-order valence-electron chi connectivity index (χ0n) is 9.22. The van der Waals surface area contributed by atoms with Gasteiger partial charge in [-0.2, -0.15) is 0 Å². The van der Waals surface area contributed by atoms with Crippen LogP contribution in [0.25, 0.3) is 11.1 Å². The van der Waals surface area contributed by atoms with E-state index in [4.69, 9.17) is 5.73 Å². The van der Waals surface area contributed by atoms with E-state index in [-0.39, 0.29) is 0 Å². The first-order chi connectivity index (χ1) is 7.79. The maximum absolute atomic E-state index is 5.28. The molecule has 0 aromatic heterocycles. The van der Waals surface area contributed by atoms with Crippen LogP contribution in [0.4, 0.5) is 5.69 Å². The summed E-state index contributed by atoms with van der Waals surface area (Å²) in [6.07, 6.45) is 1.31. The maximum atomic E-state index is 5.28. The van der Waals surface area contributed by atoms with Crippen molar-refractivity contribution in [3.8, 4) is 11.1 Å². The number of hydrogen-bond acceptors (Lipinski definition) is 1. The summed E-state index contributed by atoms with van der Waals surface area (Å²) < 4.78 is 0. The third kappa shape index (κ3) is 2.28. The van der Waals surface area contributed by atoms with E-state index in [1.54, 1.807) is 0 Å². The summed E-state index contributed by atoms with van der Waals surface area (Å²) in [5, 5.41) is 0. The first kappa shape index (κ1) is 10.4. The summed E-state index contributed by atoms with van der Waals surface area (Å²) >= 11 is 0. The Balaban J connectivity index is 2.40.